The zero-order valence-electron chi connectivity index (χ0n) is 9.76. The molecule has 17 heavy (non-hydrogen) atoms. The van der Waals surface area contributed by atoms with E-state index in [0.717, 1.165) is 26.3 Å². The molecule has 0 aromatic rings. The van der Waals surface area contributed by atoms with Crippen LogP contribution < -0.4 is 5.32 Å². The highest BCUT2D eigenvalue weighted by Gasteiger charge is 2.08. The Hall–Kier alpha value is -0.730. The lowest BCUT2D eigenvalue weighted by Crippen LogP contribution is -2.30. The molecule has 1 saturated heterocycles. The van der Waals surface area contributed by atoms with E-state index in [2.05, 4.69) is 26.8 Å². The van der Waals surface area contributed by atoms with Crippen molar-refractivity contribution in [2.24, 2.45) is 0 Å². The summed E-state index contributed by atoms with van der Waals surface area (Å²) in [5.41, 5.74) is 0. The summed E-state index contributed by atoms with van der Waals surface area (Å²) in [7, 11) is -3.85. The van der Waals surface area contributed by atoms with Crippen molar-refractivity contribution >= 4 is 10.4 Å². The number of ether oxygens (including phenoxy) is 1. The summed E-state index contributed by atoms with van der Waals surface area (Å²) in [5, 5.41) is 3.16. The molecule has 1 heterocycles. The SMILES string of the molecule is C1COCCN1.C=CCOS(=O)(=O)OCC=C. The molecule has 0 radical (unpaired) electrons. The minimum atomic E-state index is -3.85. The predicted octanol–water partition coefficient (Wildman–Crippen LogP) is 0.243. The minimum Gasteiger partial charge on any atom is -0.379 e. The second kappa shape index (κ2) is 10.4. The van der Waals surface area contributed by atoms with Gasteiger partial charge in [-0.15, -0.1) is 13.2 Å². The van der Waals surface area contributed by atoms with Crippen molar-refractivity contribution in [3.05, 3.63) is 25.3 Å². The molecule has 1 N–H and O–H groups in total. The van der Waals surface area contributed by atoms with Gasteiger partial charge in [0, 0.05) is 13.1 Å². The lowest BCUT2D eigenvalue weighted by molar-refractivity contribution is 0.109. The highest BCUT2D eigenvalue weighted by molar-refractivity contribution is 7.81. The van der Waals surface area contributed by atoms with Gasteiger partial charge in [-0.25, -0.2) is 8.37 Å². The smallest absolute Gasteiger partial charge is 0.379 e. The van der Waals surface area contributed by atoms with Crippen LogP contribution in [0.2, 0.25) is 0 Å². The van der Waals surface area contributed by atoms with Gasteiger partial charge in [-0.1, -0.05) is 12.2 Å². The fraction of sp³-hybridized carbons (Fsp3) is 0.600. The van der Waals surface area contributed by atoms with Gasteiger partial charge in [-0.05, 0) is 0 Å². The van der Waals surface area contributed by atoms with Crippen LogP contribution in [-0.4, -0.2) is 47.9 Å². The van der Waals surface area contributed by atoms with Crippen LogP contribution in [0.1, 0.15) is 0 Å². The number of hydrogen-bond acceptors (Lipinski definition) is 6. The Kier molecular flexibility index (Phi) is 9.98. The third kappa shape index (κ3) is 11.5. The molecule has 0 spiro atoms. The molecule has 0 saturated carbocycles. The maximum atomic E-state index is 10.6. The largest absolute Gasteiger partial charge is 0.400 e. The van der Waals surface area contributed by atoms with Gasteiger partial charge in [-0.3, -0.25) is 0 Å². The van der Waals surface area contributed by atoms with Crippen molar-refractivity contribution in [3.63, 3.8) is 0 Å². The quantitative estimate of drug-likeness (QED) is 0.694. The van der Waals surface area contributed by atoms with Crippen LogP contribution in [0.4, 0.5) is 0 Å². The molecular formula is C10H19NO5S. The Balaban J connectivity index is 0.000000354. The first-order valence-corrected chi connectivity index (χ1v) is 6.49. The number of hydrogen-bond donors (Lipinski definition) is 1. The van der Waals surface area contributed by atoms with Crippen LogP contribution in [0.3, 0.4) is 0 Å². The molecule has 0 aliphatic carbocycles. The minimum absolute atomic E-state index is 0.0839. The molecule has 6 nitrogen and oxygen atoms in total. The third-order valence-corrected chi connectivity index (χ3v) is 2.36. The Bertz CT molecular complexity index is 268. The van der Waals surface area contributed by atoms with Crippen LogP contribution in [-0.2, 0) is 23.5 Å². The van der Waals surface area contributed by atoms with Crippen molar-refractivity contribution in [3.8, 4) is 0 Å². The third-order valence-electron chi connectivity index (χ3n) is 1.51. The molecule has 0 bridgehead atoms. The molecule has 0 atom stereocenters. The summed E-state index contributed by atoms with van der Waals surface area (Å²) < 4.78 is 34.8. The fourth-order valence-corrected chi connectivity index (χ4v) is 1.41. The summed E-state index contributed by atoms with van der Waals surface area (Å²) >= 11 is 0. The maximum absolute atomic E-state index is 10.6. The predicted molar refractivity (Wildman–Crippen MR) is 64.9 cm³/mol. The monoisotopic (exact) mass is 265 g/mol. The standard InChI is InChI=1S/C6H10O4S.C4H9NO/c1-3-5-9-11(7,8)10-6-4-2;1-3-6-4-2-5-1/h3-4H,1-2,5-6H2;5H,1-4H2. The van der Waals surface area contributed by atoms with Gasteiger partial charge in [0.1, 0.15) is 0 Å². The van der Waals surface area contributed by atoms with E-state index in [1.165, 1.54) is 12.2 Å². The summed E-state index contributed by atoms with van der Waals surface area (Å²) in [6.07, 6.45) is 2.63. The van der Waals surface area contributed by atoms with Gasteiger partial charge >= 0.3 is 10.4 Å². The number of morpholine rings is 1. The van der Waals surface area contributed by atoms with E-state index in [-0.39, 0.29) is 13.2 Å². The van der Waals surface area contributed by atoms with Crippen molar-refractivity contribution < 1.29 is 21.5 Å². The molecule has 0 aromatic heterocycles. The number of nitrogens with one attached hydrogen (secondary N) is 1. The topological polar surface area (TPSA) is 73.9 Å². The van der Waals surface area contributed by atoms with E-state index < -0.39 is 10.4 Å². The van der Waals surface area contributed by atoms with Gasteiger partial charge in [0.25, 0.3) is 0 Å². The van der Waals surface area contributed by atoms with E-state index in [9.17, 15) is 8.42 Å². The number of rotatable bonds is 6. The molecule has 1 aliphatic rings. The average Bonchev–Trinajstić information content (AvgIpc) is 2.37. The zero-order chi connectivity index (χ0) is 13.0. The van der Waals surface area contributed by atoms with E-state index in [4.69, 9.17) is 4.74 Å². The Labute approximate surface area is 103 Å². The summed E-state index contributed by atoms with van der Waals surface area (Å²) in [6, 6.07) is 0. The fourth-order valence-electron chi connectivity index (χ4n) is 0.813. The summed E-state index contributed by atoms with van der Waals surface area (Å²) in [4.78, 5) is 0. The van der Waals surface area contributed by atoms with Gasteiger partial charge in [0.2, 0.25) is 0 Å². The lowest BCUT2D eigenvalue weighted by atomic mass is 10.5. The Morgan fingerprint density at radius 1 is 1.12 bits per heavy atom. The Morgan fingerprint density at radius 2 is 1.59 bits per heavy atom. The lowest BCUT2D eigenvalue weighted by Gasteiger charge is -2.10. The molecule has 0 aromatic carbocycles. The van der Waals surface area contributed by atoms with Gasteiger partial charge in [-0.2, -0.15) is 8.42 Å². The molecule has 1 aliphatic heterocycles. The molecule has 100 valence electrons. The van der Waals surface area contributed by atoms with Crippen molar-refractivity contribution in [1.82, 2.24) is 5.32 Å². The first-order valence-electron chi connectivity index (χ1n) is 5.16. The van der Waals surface area contributed by atoms with Gasteiger partial charge in [0.15, 0.2) is 0 Å². The van der Waals surface area contributed by atoms with Gasteiger partial charge in [0.05, 0.1) is 26.4 Å². The van der Waals surface area contributed by atoms with E-state index >= 15 is 0 Å². The second-order valence-electron chi connectivity index (χ2n) is 2.92. The zero-order valence-corrected chi connectivity index (χ0v) is 10.6. The van der Waals surface area contributed by atoms with Crippen LogP contribution in [0.15, 0.2) is 25.3 Å². The van der Waals surface area contributed by atoms with Crippen LogP contribution in [0, 0.1) is 0 Å². The first kappa shape index (κ1) is 16.3. The molecule has 7 heteroatoms. The van der Waals surface area contributed by atoms with Crippen LogP contribution in [0.25, 0.3) is 0 Å². The highest BCUT2D eigenvalue weighted by atomic mass is 32.3. The Morgan fingerprint density at radius 3 is 1.82 bits per heavy atom. The summed E-state index contributed by atoms with van der Waals surface area (Å²) in [6.45, 7) is 10.2. The van der Waals surface area contributed by atoms with Crippen molar-refractivity contribution in [1.29, 1.82) is 0 Å². The maximum Gasteiger partial charge on any atom is 0.400 e. The first-order chi connectivity index (χ1) is 8.12. The second-order valence-corrected chi connectivity index (χ2v) is 4.20. The molecule has 1 rings (SSSR count). The summed E-state index contributed by atoms with van der Waals surface area (Å²) in [5.74, 6) is 0. The van der Waals surface area contributed by atoms with Gasteiger partial charge < -0.3 is 10.1 Å². The van der Waals surface area contributed by atoms with E-state index in [1.54, 1.807) is 0 Å². The van der Waals surface area contributed by atoms with Crippen molar-refractivity contribution in [2.75, 3.05) is 39.5 Å². The molecule has 1 fully saturated rings. The normalized spacial score (nSPS) is 15.5. The van der Waals surface area contributed by atoms with Crippen LogP contribution >= 0.6 is 0 Å². The van der Waals surface area contributed by atoms with Crippen LogP contribution in [0.5, 0.6) is 0 Å². The molecule has 0 unspecified atom stereocenters. The van der Waals surface area contributed by atoms with E-state index in [0.29, 0.717) is 0 Å². The van der Waals surface area contributed by atoms with E-state index in [1.807, 2.05) is 0 Å². The average molecular weight is 265 g/mol. The molecule has 0 amide bonds. The highest BCUT2D eigenvalue weighted by Crippen LogP contribution is 1.95. The molecular weight excluding hydrogens is 246 g/mol. The van der Waals surface area contributed by atoms with Crippen molar-refractivity contribution in [2.45, 2.75) is 0 Å².